The molecule has 1 aliphatic rings. The molecule has 1 fully saturated rings. The van der Waals surface area contributed by atoms with Crippen LogP contribution in [0.25, 0.3) is 0 Å². The number of carbonyl (C=O) groups excluding carboxylic acids is 1. The highest BCUT2D eigenvalue weighted by Gasteiger charge is 2.26. The Morgan fingerprint density at radius 3 is 2.95 bits per heavy atom. The summed E-state index contributed by atoms with van der Waals surface area (Å²) in [4.78, 5) is 14.3. The third-order valence-corrected chi connectivity index (χ3v) is 3.60. The van der Waals surface area contributed by atoms with Crippen LogP contribution in [0.1, 0.15) is 41.3 Å². The third-order valence-electron chi connectivity index (χ3n) is 3.60. The maximum atomic E-state index is 12.4. The molecule has 3 nitrogen and oxygen atoms in total. The Hall–Kier alpha value is -1.79. The molecule has 1 unspecified atom stereocenters. The van der Waals surface area contributed by atoms with Crippen LogP contribution in [0, 0.1) is 18.8 Å². The molecule has 1 heterocycles. The highest BCUT2D eigenvalue weighted by molar-refractivity contribution is 5.95. The van der Waals surface area contributed by atoms with Crippen molar-refractivity contribution in [3.05, 3.63) is 34.9 Å². The summed E-state index contributed by atoms with van der Waals surface area (Å²) < 4.78 is 0. The molecule has 0 aliphatic carbocycles. The maximum absolute atomic E-state index is 12.4. The first-order valence-electron chi connectivity index (χ1n) is 6.65. The molecule has 0 radical (unpaired) electrons. The Bertz CT molecular complexity index is 539. The zero-order valence-corrected chi connectivity index (χ0v) is 11.4. The Balaban J connectivity index is 2.27. The van der Waals surface area contributed by atoms with Crippen LogP contribution in [0.3, 0.4) is 0 Å². The SMILES string of the molecule is Cc1ccc(C(=O)N2CCCC2C)cc1C#CCO. The smallest absolute Gasteiger partial charge is 0.254 e. The Morgan fingerprint density at radius 1 is 1.53 bits per heavy atom. The van der Waals surface area contributed by atoms with Crippen LogP contribution < -0.4 is 0 Å². The van der Waals surface area contributed by atoms with Crippen LogP contribution in [-0.2, 0) is 0 Å². The minimum Gasteiger partial charge on any atom is -0.384 e. The van der Waals surface area contributed by atoms with Gasteiger partial charge in [0, 0.05) is 23.7 Å². The van der Waals surface area contributed by atoms with Gasteiger partial charge in [0.05, 0.1) is 0 Å². The quantitative estimate of drug-likeness (QED) is 0.781. The number of amides is 1. The molecule has 0 aromatic heterocycles. The van der Waals surface area contributed by atoms with Gasteiger partial charge in [-0.3, -0.25) is 4.79 Å². The van der Waals surface area contributed by atoms with Crippen LogP contribution in [0.4, 0.5) is 0 Å². The van der Waals surface area contributed by atoms with Gasteiger partial charge in [0.25, 0.3) is 5.91 Å². The highest BCUT2D eigenvalue weighted by Crippen LogP contribution is 2.20. The summed E-state index contributed by atoms with van der Waals surface area (Å²) >= 11 is 0. The van der Waals surface area contributed by atoms with Crippen molar-refractivity contribution in [3.8, 4) is 11.8 Å². The standard InChI is InChI=1S/C16H19NO2/c1-12-7-8-15(11-14(12)6-4-10-18)16(19)17-9-3-5-13(17)2/h7-8,11,13,18H,3,5,9-10H2,1-2H3. The van der Waals surface area contributed by atoms with Crippen molar-refractivity contribution in [2.45, 2.75) is 32.7 Å². The van der Waals surface area contributed by atoms with Crippen LogP contribution >= 0.6 is 0 Å². The number of likely N-dealkylation sites (tertiary alicyclic amines) is 1. The van der Waals surface area contributed by atoms with E-state index in [4.69, 9.17) is 5.11 Å². The fourth-order valence-electron chi connectivity index (χ4n) is 2.43. The zero-order chi connectivity index (χ0) is 13.8. The van der Waals surface area contributed by atoms with E-state index in [0.29, 0.717) is 11.6 Å². The van der Waals surface area contributed by atoms with Crippen LogP contribution in [0.2, 0.25) is 0 Å². The molecule has 3 heteroatoms. The predicted molar refractivity (Wildman–Crippen MR) is 74.9 cm³/mol. The van der Waals surface area contributed by atoms with Crippen molar-refractivity contribution in [1.29, 1.82) is 0 Å². The first-order chi connectivity index (χ1) is 9.13. The minimum atomic E-state index is -0.166. The highest BCUT2D eigenvalue weighted by atomic mass is 16.2. The number of aliphatic hydroxyl groups is 1. The van der Waals surface area contributed by atoms with Gasteiger partial charge in [0.15, 0.2) is 0 Å². The molecule has 1 aromatic carbocycles. The number of aryl methyl sites for hydroxylation is 1. The van der Waals surface area contributed by atoms with Gasteiger partial charge >= 0.3 is 0 Å². The first-order valence-corrected chi connectivity index (χ1v) is 6.65. The molecule has 0 bridgehead atoms. The van der Waals surface area contributed by atoms with E-state index in [1.807, 2.05) is 30.0 Å². The molecular formula is C16H19NO2. The molecule has 19 heavy (non-hydrogen) atoms. The van der Waals surface area contributed by atoms with Crippen molar-refractivity contribution < 1.29 is 9.90 Å². The van der Waals surface area contributed by atoms with Crippen molar-refractivity contribution in [3.63, 3.8) is 0 Å². The lowest BCUT2D eigenvalue weighted by Gasteiger charge is -2.21. The summed E-state index contributed by atoms with van der Waals surface area (Å²) in [5.74, 6) is 5.60. The van der Waals surface area contributed by atoms with E-state index in [2.05, 4.69) is 18.8 Å². The summed E-state index contributed by atoms with van der Waals surface area (Å²) in [6.07, 6.45) is 2.16. The monoisotopic (exact) mass is 257 g/mol. The molecule has 2 rings (SSSR count). The Kier molecular flexibility index (Phi) is 4.24. The van der Waals surface area contributed by atoms with Gasteiger partial charge in [-0.1, -0.05) is 17.9 Å². The van der Waals surface area contributed by atoms with Crippen molar-refractivity contribution in [2.75, 3.05) is 13.2 Å². The lowest BCUT2D eigenvalue weighted by atomic mass is 10.0. The third kappa shape index (κ3) is 2.97. The molecule has 0 spiro atoms. The van der Waals surface area contributed by atoms with Gasteiger partial charge in [-0.2, -0.15) is 0 Å². The molecular weight excluding hydrogens is 238 g/mol. The van der Waals surface area contributed by atoms with E-state index in [1.54, 1.807) is 0 Å². The second kappa shape index (κ2) is 5.90. The molecule has 1 aliphatic heterocycles. The molecule has 100 valence electrons. The number of rotatable bonds is 1. The summed E-state index contributed by atoms with van der Waals surface area (Å²) in [6.45, 7) is 4.71. The summed E-state index contributed by atoms with van der Waals surface area (Å²) in [6, 6.07) is 5.91. The van der Waals surface area contributed by atoms with E-state index in [0.717, 1.165) is 30.5 Å². The topological polar surface area (TPSA) is 40.5 Å². The van der Waals surface area contributed by atoms with Crippen molar-refractivity contribution in [1.82, 2.24) is 4.90 Å². The Morgan fingerprint density at radius 2 is 2.32 bits per heavy atom. The fraction of sp³-hybridized carbons (Fsp3) is 0.438. The lowest BCUT2D eigenvalue weighted by molar-refractivity contribution is 0.0747. The molecule has 0 saturated carbocycles. The summed E-state index contributed by atoms with van der Waals surface area (Å²) in [5, 5.41) is 8.76. The van der Waals surface area contributed by atoms with Crippen molar-refractivity contribution in [2.24, 2.45) is 0 Å². The van der Waals surface area contributed by atoms with Gasteiger partial charge in [-0.15, -0.1) is 0 Å². The van der Waals surface area contributed by atoms with Gasteiger partial charge in [0.1, 0.15) is 6.61 Å². The first kappa shape index (κ1) is 13.6. The summed E-state index contributed by atoms with van der Waals surface area (Å²) in [5.41, 5.74) is 2.51. The molecule has 1 N–H and O–H groups in total. The van der Waals surface area contributed by atoms with Crippen LogP contribution in [0.15, 0.2) is 18.2 Å². The van der Waals surface area contributed by atoms with E-state index in [1.165, 1.54) is 0 Å². The van der Waals surface area contributed by atoms with Crippen LogP contribution in [0.5, 0.6) is 0 Å². The molecule has 1 amide bonds. The second-order valence-electron chi connectivity index (χ2n) is 4.98. The summed E-state index contributed by atoms with van der Waals surface area (Å²) in [7, 11) is 0. The normalized spacial score (nSPS) is 18.1. The molecule has 1 atom stereocenters. The molecule has 1 aromatic rings. The van der Waals surface area contributed by atoms with Gasteiger partial charge in [-0.05, 0) is 44.4 Å². The van der Waals surface area contributed by atoms with E-state index >= 15 is 0 Å². The van der Waals surface area contributed by atoms with Gasteiger partial charge in [0.2, 0.25) is 0 Å². The number of nitrogens with zero attached hydrogens (tertiary/aromatic N) is 1. The number of benzene rings is 1. The Labute approximate surface area is 114 Å². The second-order valence-corrected chi connectivity index (χ2v) is 4.98. The molecule has 1 saturated heterocycles. The zero-order valence-electron chi connectivity index (χ0n) is 11.4. The average Bonchev–Trinajstić information content (AvgIpc) is 2.83. The van der Waals surface area contributed by atoms with Gasteiger partial charge < -0.3 is 10.0 Å². The van der Waals surface area contributed by atoms with Gasteiger partial charge in [-0.25, -0.2) is 0 Å². The van der Waals surface area contributed by atoms with E-state index in [-0.39, 0.29) is 12.5 Å². The van der Waals surface area contributed by atoms with Crippen molar-refractivity contribution >= 4 is 5.91 Å². The lowest BCUT2D eigenvalue weighted by Crippen LogP contribution is -2.33. The number of aliphatic hydroxyl groups excluding tert-OH is 1. The number of hydrogen-bond donors (Lipinski definition) is 1. The largest absolute Gasteiger partial charge is 0.384 e. The number of carbonyl (C=O) groups is 1. The average molecular weight is 257 g/mol. The maximum Gasteiger partial charge on any atom is 0.254 e. The fourth-order valence-corrected chi connectivity index (χ4v) is 2.43. The van der Waals surface area contributed by atoms with Crippen LogP contribution in [-0.4, -0.2) is 35.1 Å². The minimum absolute atomic E-state index is 0.0806. The predicted octanol–water partition coefficient (Wildman–Crippen LogP) is 1.96. The number of hydrogen-bond acceptors (Lipinski definition) is 2. The van der Waals surface area contributed by atoms with E-state index < -0.39 is 0 Å². The van der Waals surface area contributed by atoms with E-state index in [9.17, 15) is 4.79 Å².